The minimum absolute atomic E-state index is 0.0313. The van der Waals surface area contributed by atoms with Crippen molar-refractivity contribution in [1.29, 1.82) is 0 Å². The molecule has 17 heavy (non-hydrogen) atoms. The second-order valence-corrected chi connectivity index (χ2v) is 4.67. The standard InChI is InChI=1S/C13H17NO3/c1-8(14)13(5-6-13)9-3-4-11(15)10(7-9)12(16)17-2/h3-4,7-8,15H,5-6,14H2,1-2H3. The second-order valence-electron chi connectivity index (χ2n) is 4.67. The van der Waals surface area contributed by atoms with Crippen LogP contribution in [0.2, 0.25) is 0 Å². The van der Waals surface area contributed by atoms with E-state index in [9.17, 15) is 9.90 Å². The zero-order chi connectivity index (χ0) is 12.6. The van der Waals surface area contributed by atoms with Gasteiger partial charge in [-0.05, 0) is 37.5 Å². The highest BCUT2D eigenvalue weighted by Gasteiger charge is 2.47. The summed E-state index contributed by atoms with van der Waals surface area (Å²) in [6.07, 6.45) is 2.05. The van der Waals surface area contributed by atoms with Crippen LogP contribution in [0.1, 0.15) is 35.7 Å². The Balaban J connectivity index is 2.42. The first kappa shape index (κ1) is 11.9. The van der Waals surface area contributed by atoms with E-state index in [4.69, 9.17) is 5.73 Å². The number of hydrogen-bond donors (Lipinski definition) is 2. The molecule has 0 bridgehead atoms. The number of methoxy groups -OCH3 is 1. The van der Waals surface area contributed by atoms with Gasteiger partial charge < -0.3 is 15.6 Å². The van der Waals surface area contributed by atoms with Crippen LogP contribution in [0.25, 0.3) is 0 Å². The number of carbonyl (C=O) groups is 1. The number of phenols is 1. The van der Waals surface area contributed by atoms with E-state index in [1.807, 2.05) is 13.0 Å². The summed E-state index contributed by atoms with van der Waals surface area (Å²) < 4.78 is 4.64. The minimum atomic E-state index is -0.523. The summed E-state index contributed by atoms with van der Waals surface area (Å²) in [6.45, 7) is 1.97. The number of rotatable bonds is 3. The quantitative estimate of drug-likeness (QED) is 0.780. The molecule has 4 heteroatoms. The van der Waals surface area contributed by atoms with E-state index >= 15 is 0 Å². The van der Waals surface area contributed by atoms with Gasteiger partial charge in [0, 0.05) is 11.5 Å². The molecule has 0 amide bonds. The van der Waals surface area contributed by atoms with Gasteiger partial charge >= 0.3 is 5.97 Å². The Bertz CT molecular complexity index is 450. The van der Waals surface area contributed by atoms with Crippen LogP contribution in [-0.4, -0.2) is 24.2 Å². The SMILES string of the molecule is COC(=O)c1cc(C2(C(C)N)CC2)ccc1O. The maximum atomic E-state index is 11.5. The van der Waals surface area contributed by atoms with Gasteiger partial charge in [0.2, 0.25) is 0 Å². The Morgan fingerprint density at radius 2 is 2.18 bits per heavy atom. The number of nitrogens with two attached hydrogens (primary N) is 1. The molecule has 0 aromatic heterocycles. The van der Waals surface area contributed by atoms with Crippen LogP contribution in [0.15, 0.2) is 18.2 Å². The fraction of sp³-hybridized carbons (Fsp3) is 0.462. The van der Waals surface area contributed by atoms with Crippen molar-refractivity contribution < 1.29 is 14.6 Å². The topological polar surface area (TPSA) is 72.5 Å². The first-order valence-corrected chi connectivity index (χ1v) is 5.68. The molecular weight excluding hydrogens is 218 g/mol. The van der Waals surface area contributed by atoms with Crippen molar-refractivity contribution in [3.63, 3.8) is 0 Å². The van der Waals surface area contributed by atoms with Gasteiger partial charge in [-0.3, -0.25) is 0 Å². The van der Waals surface area contributed by atoms with Crippen molar-refractivity contribution in [1.82, 2.24) is 0 Å². The molecule has 0 spiro atoms. The molecule has 2 rings (SSSR count). The highest BCUT2D eigenvalue weighted by Crippen LogP contribution is 2.50. The number of aromatic hydroxyl groups is 1. The second kappa shape index (κ2) is 4.04. The first-order valence-electron chi connectivity index (χ1n) is 5.68. The Morgan fingerprint density at radius 1 is 1.53 bits per heavy atom. The van der Waals surface area contributed by atoms with Crippen LogP contribution < -0.4 is 5.73 Å². The fourth-order valence-electron chi connectivity index (χ4n) is 2.26. The van der Waals surface area contributed by atoms with E-state index in [1.165, 1.54) is 13.2 Å². The normalized spacial score (nSPS) is 18.5. The van der Waals surface area contributed by atoms with Crippen LogP contribution in [-0.2, 0) is 10.2 Å². The van der Waals surface area contributed by atoms with E-state index in [2.05, 4.69) is 4.74 Å². The van der Waals surface area contributed by atoms with Crippen molar-refractivity contribution in [2.45, 2.75) is 31.2 Å². The average Bonchev–Trinajstić information content (AvgIpc) is 3.10. The van der Waals surface area contributed by atoms with Gasteiger partial charge in [-0.25, -0.2) is 4.79 Å². The third-order valence-electron chi connectivity index (χ3n) is 3.64. The molecule has 1 unspecified atom stereocenters. The summed E-state index contributed by atoms with van der Waals surface area (Å²) in [4.78, 5) is 11.5. The summed E-state index contributed by atoms with van der Waals surface area (Å²) >= 11 is 0. The molecule has 0 saturated heterocycles. The molecule has 3 N–H and O–H groups in total. The maximum Gasteiger partial charge on any atom is 0.341 e. The van der Waals surface area contributed by atoms with Crippen molar-refractivity contribution >= 4 is 5.97 Å². The Morgan fingerprint density at radius 3 is 2.65 bits per heavy atom. The van der Waals surface area contributed by atoms with Gasteiger partial charge in [0.25, 0.3) is 0 Å². The van der Waals surface area contributed by atoms with Crippen molar-refractivity contribution in [2.75, 3.05) is 7.11 Å². The number of benzene rings is 1. The van der Waals surface area contributed by atoms with E-state index in [-0.39, 0.29) is 22.8 Å². The molecule has 1 aliphatic carbocycles. The van der Waals surface area contributed by atoms with E-state index < -0.39 is 5.97 Å². The largest absolute Gasteiger partial charge is 0.507 e. The molecule has 0 radical (unpaired) electrons. The minimum Gasteiger partial charge on any atom is -0.507 e. The lowest BCUT2D eigenvalue weighted by Gasteiger charge is -2.20. The third kappa shape index (κ3) is 1.89. The number of carbonyl (C=O) groups excluding carboxylic acids is 1. The zero-order valence-electron chi connectivity index (χ0n) is 10.1. The molecule has 1 aromatic rings. The Hall–Kier alpha value is -1.55. The van der Waals surface area contributed by atoms with E-state index in [0.717, 1.165) is 18.4 Å². The summed E-state index contributed by atoms with van der Waals surface area (Å²) in [5.41, 5.74) is 7.16. The van der Waals surface area contributed by atoms with Gasteiger partial charge in [-0.15, -0.1) is 0 Å². The van der Waals surface area contributed by atoms with Crippen LogP contribution in [0.3, 0.4) is 0 Å². The Labute approximate surface area is 100 Å². The highest BCUT2D eigenvalue weighted by atomic mass is 16.5. The van der Waals surface area contributed by atoms with Crippen molar-refractivity contribution in [2.24, 2.45) is 5.73 Å². The number of phenolic OH excluding ortho intramolecular Hbond substituents is 1. The maximum absolute atomic E-state index is 11.5. The van der Waals surface area contributed by atoms with E-state index in [0.29, 0.717) is 0 Å². The van der Waals surface area contributed by atoms with Crippen LogP contribution in [0, 0.1) is 0 Å². The van der Waals surface area contributed by atoms with Gasteiger partial charge in [0.15, 0.2) is 0 Å². The molecule has 1 atom stereocenters. The van der Waals surface area contributed by atoms with Crippen LogP contribution in [0.4, 0.5) is 0 Å². The first-order chi connectivity index (χ1) is 8.01. The molecule has 1 aromatic carbocycles. The lowest BCUT2D eigenvalue weighted by molar-refractivity contribution is 0.0597. The number of hydrogen-bond acceptors (Lipinski definition) is 4. The zero-order valence-corrected chi connectivity index (χ0v) is 10.1. The third-order valence-corrected chi connectivity index (χ3v) is 3.64. The van der Waals surface area contributed by atoms with Gasteiger partial charge in [-0.1, -0.05) is 6.07 Å². The molecule has 92 valence electrons. The van der Waals surface area contributed by atoms with Crippen LogP contribution in [0.5, 0.6) is 5.75 Å². The summed E-state index contributed by atoms with van der Waals surface area (Å²) in [6, 6.07) is 5.09. The lowest BCUT2D eigenvalue weighted by atomic mass is 9.88. The molecule has 0 aliphatic heterocycles. The monoisotopic (exact) mass is 235 g/mol. The Kier molecular flexibility index (Phi) is 2.83. The summed E-state index contributed by atoms with van der Waals surface area (Å²) in [5, 5.41) is 9.63. The van der Waals surface area contributed by atoms with Crippen molar-refractivity contribution in [3.05, 3.63) is 29.3 Å². The predicted octanol–water partition coefficient (Wildman–Crippen LogP) is 1.56. The van der Waals surface area contributed by atoms with Gasteiger partial charge in [-0.2, -0.15) is 0 Å². The number of esters is 1. The molecule has 1 saturated carbocycles. The summed E-state index contributed by atoms with van der Waals surface area (Å²) in [7, 11) is 1.30. The summed E-state index contributed by atoms with van der Waals surface area (Å²) in [5.74, 6) is -0.578. The van der Waals surface area contributed by atoms with Crippen molar-refractivity contribution in [3.8, 4) is 5.75 Å². The fourth-order valence-corrected chi connectivity index (χ4v) is 2.26. The smallest absolute Gasteiger partial charge is 0.341 e. The molecule has 1 fully saturated rings. The van der Waals surface area contributed by atoms with Crippen LogP contribution >= 0.6 is 0 Å². The molecule has 0 heterocycles. The highest BCUT2D eigenvalue weighted by molar-refractivity contribution is 5.92. The lowest BCUT2D eigenvalue weighted by Crippen LogP contribution is -2.31. The molecule has 1 aliphatic rings. The molecule has 4 nitrogen and oxygen atoms in total. The van der Waals surface area contributed by atoms with E-state index in [1.54, 1.807) is 6.07 Å². The molecular formula is C13H17NO3. The average molecular weight is 235 g/mol. The van der Waals surface area contributed by atoms with Gasteiger partial charge in [0.1, 0.15) is 11.3 Å². The van der Waals surface area contributed by atoms with Gasteiger partial charge in [0.05, 0.1) is 7.11 Å². The predicted molar refractivity (Wildman–Crippen MR) is 64.0 cm³/mol. The number of ether oxygens (including phenoxy) is 1.